The molecule has 2 aromatic rings. The molecule has 1 heterocycles. The highest BCUT2D eigenvalue weighted by atomic mass is 32.1. The van der Waals surface area contributed by atoms with Crippen LogP contribution in [-0.4, -0.2) is 10.7 Å². The minimum atomic E-state index is -0.435. The average molecular weight is 315 g/mol. The third-order valence-electron chi connectivity index (χ3n) is 3.25. The van der Waals surface area contributed by atoms with Gasteiger partial charge in [-0.15, -0.1) is 0 Å². The van der Waals surface area contributed by atoms with Crippen LogP contribution in [0.5, 0.6) is 0 Å². The van der Waals surface area contributed by atoms with E-state index < -0.39 is 4.92 Å². The van der Waals surface area contributed by atoms with Crippen LogP contribution in [0.4, 0.5) is 5.00 Å². The lowest BCUT2D eigenvalue weighted by Gasteiger charge is -2.18. The molecule has 5 heteroatoms. The monoisotopic (exact) mass is 315 g/mol. The van der Waals surface area contributed by atoms with Crippen LogP contribution < -0.4 is 0 Å². The highest BCUT2D eigenvalue weighted by Gasteiger charge is 2.13. The van der Waals surface area contributed by atoms with Gasteiger partial charge in [-0.1, -0.05) is 56.4 Å². The first kappa shape index (κ1) is 16.1. The molecule has 0 bridgehead atoms. The molecule has 1 aromatic carbocycles. The van der Waals surface area contributed by atoms with Crippen molar-refractivity contribution in [3.63, 3.8) is 0 Å². The number of allylic oxidation sites excluding steroid dienone is 1. The quantitative estimate of drug-likeness (QED) is 0.351. The zero-order chi connectivity index (χ0) is 16.3. The first-order chi connectivity index (χ1) is 10.3. The Labute approximate surface area is 133 Å². The van der Waals surface area contributed by atoms with Crippen molar-refractivity contribution in [2.75, 3.05) is 0 Å². The van der Waals surface area contributed by atoms with Crippen molar-refractivity contribution in [1.82, 2.24) is 0 Å². The first-order valence-electron chi connectivity index (χ1n) is 6.83. The van der Waals surface area contributed by atoms with Crippen LogP contribution >= 0.6 is 11.3 Å². The van der Waals surface area contributed by atoms with E-state index in [0.29, 0.717) is 11.1 Å². The molecule has 0 aliphatic carbocycles. The Hall–Kier alpha value is -2.27. The number of nitrogens with zero attached hydrogens (tertiary/aromatic N) is 1. The summed E-state index contributed by atoms with van der Waals surface area (Å²) in [6.45, 7) is 6.35. The second-order valence-corrected chi connectivity index (χ2v) is 6.89. The maximum Gasteiger partial charge on any atom is 0.324 e. The lowest BCUT2D eigenvalue weighted by atomic mass is 9.86. The third kappa shape index (κ3) is 3.89. The van der Waals surface area contributed by atoms with Gasteiger partial charge < -0.3 is 0 Å². The molecule has 2 rings (SSSR count). The summed E-state index contributed by atoms with van der Waals surface area (Å²) >= 11 is 1.05. The largest absolute Gasteiger partial charge is 0.324 e. The molecule has 0 radical (unpaired) electrons. The van der Waals surface area contributed by atoms with Gasteiger partial charge in [0.1, 0.15) is 0 Å². The Morgan fingerprint density at radius 2 is 1.86 bits per heavy atom. The van der Waals surface area contributed by atoms with E-state index in [1.807, 2.05) is 24.3 Å². The van der Waals surface area contributed by atoms with Crippen LogP contribution in [0.2, 0.25) is 0 Å². The molecule has 114 valence electrons. The summed E-state index contributed by atoms with van der Waals surface area (Å²) in [5, 5.41) is 12.3. The summed E-state index contributed by atoms with van der Waals surface area (Å²) in [6, 6.07) is 8.98. The van der Waals surface area contributed by atoms with E-state index in [-0.39, 0.29) is 16.2 Å². The summed E-state index contributed by atoms with van der Waals surface area (Å²) in [4.78, 5) is 22.3. The predicted octanol–water partition coefficient (Wildman–Crippen LogP) is 4.85. The Bertz CT molecular complexity index is 721. The Morgan fingerprint density at radius 1 is 1.23 bits per heavy atom. The van der Waals surface area contributed by atoms with Crippen LogP contribution in [0, 0.1) is 10.1 Å². The number of benzene rings is 1. The molecule has 0 amide bonds. The van der Waals surface area contributed by atoms with Gasteiger partial charge in [-0.3, -0.25) is 14.9 Å². The standard InChI is InChI=1S/C17H17NO3S/c1-17(2,3)14-7-5-13(6-8-14)15(19)9-4-12-10-16(18(20)21)22-11-12/h4-11H,1-3H3/b9-4+. The van der Waals surface area contributed by atoms with Crippen molar-refractivity contribution in [3.05, 3.63) is 68.6 Å². The normalized spacial score (nSPS) is 11.8. The average Bonchev–Trinajstić information content (AvgIpc) is 2.93. The number of thiophene rings is 1. The van der Waals surface area contributed by atoms with Gasteiger partial charge in [0.15, 0.2) is 5.78 Å². The van der Waals surface area contributed by atoms with Gasteiger partial charge in [-0.25, -0.2) is 0 Å². The van der Waals surface area contributed by atoms with Crippen molar-refractivity contribution >= 4 is 28.2 Å². The predicted molar refractivity (Wildman–Crippen MR) is 89.5 cm³/mol. The fourth-order valence-electron chi connectivity index (χ4n) is 1.92. The van der Waals surface area contributed by atoms with Crippen molar-refractivity contribution in [3.8, 4) is 0 Å². The smallest absolute Gasteiger partial charge is 0.289 e. The number of nitro groups is 1. The van der Waals surface area contributed by atoms with E-state index in [2.05, 4.69) is 20.8 Å². The van der Waals surface area contributed by atoms with Gasteiger partial charge in [0.25, 0.3) is 0 Å². The van der Waals surface area contributed by atoms with Gasteiger partial charge in [0.05, 0.1) is 4.92 Å². The molecule has 0 aliphatic rings. The van der Waals surface area contributed by atoms with Gasteiger partial charge >= 0.3 is 5.00 Å². The zero-order valence-corrected chi connectivity index (χ0v) is 13.5. The van der Waals surface area contributed by atoms with Crippen molar-refractivity contribution in [2.45, 2.75) is 26.2 Å². The van der Waals surface area contributed by atoms with Gasteiger partial charge in [0, 0.05) is 17.0 Å². The summed E-state index contributed by atoms with van der Waals surface area (Å²) in [5.74, 6) is -0.116. The Balaban J connectivity index is 2.11. The SMILES string of the molecule is CC(C)(C)c1ccc(C(=O)/C=C/c2csc([N+](=O)[O-])c2)cc1. The molecule has 22 heavy (non-hydrogen) atoms. The van der Waals surface area contributed by atoms with E-state index in [1.54, 1.807) is 11.5 Å². The van der Waals surface area contributed by atoms with Gasteiger partial charge in [-0.2, -0.15) is 0 Å². The number of hydrogen-bond acceptors (Lipinski definition) is 4. The van der Waals surface area contributed by atoms with E-state index >= 15 is 0 Å². The number of hydrogen-bond donors (Lipinski definition) is 0. The maximum absolute atomic E-state index is 12.1. The molecular weight excluding hydrogens is 298 g/mol. The number of carbonyl (C=O) groups excluding carboxylic acids is 1. The van der Waals surface area contributed by atoms with Crippen LogP contribution in [0.15, 0.2) is 41.8 Å². The van der Waals surface area contributed by atoms with Gasteiger partial charge in [0.2, 0.25) is 0 Å². The molecular formula is C17H17NO3S. The maximum atomic E-state index is 12.1. The second-order valence-electron chi connectivity index (χ2n) is 6.00. The van der Waals surface area contributed by atoms with E-state index in [9.17, 15) is 14.9 Å². The minimum absolute atomic E-state index is 0.0486. The van der Waals surface area contributed by atoms with Crippen molar-refractivity contribution in [2.24, 2.45) is 0 Å². The second kappa shape index (κ2) is 6.23. The number of carbonyl (C=O) groups is 1. The molecule has 1 aromatic heterocycles. The molecule has 0 saturated heterocycles. The first-order valence-corrected chi connectivity index (χ1v) is 7.71. The van der Waals surface area contributed by atoms with Crippen molar-refractivity contribution in [1.29, 1.82) is 0 Å². The highest BCUT2D eigenvalue weighted by Crippen LogP contribution is 2.24. The summed E-state index contributed by atoms with van der Waals surface area (Å²) < 4.78 is 0. The molecule has 0 N–H and O–H groups in total. The number of ketones is 1. The zero-order valence-electron chi connectivity index (χ0n) is 12.7. The molecule has 0 unspecified atom stereocenters. The summed E-state index contributed by atoms with van der Waals surface area (Å²) in [6.07, 6.45) is 3.04. The van der Waals surface area contributed by atoms with E-state index in [4.69, 9.17) is 0 Å². The van der Waals surface area contributed by atoms with E-state index in [0.717, 1.165) is 11.3 Å². The summed E-state index contributed by atoms with van der Waals surface area (Å²) in [5.41, 5.74) is 2.49. The molecule has 0 aliphatic heterocycles. The lowest BCUT2D eigenvalue weighted by molar-refractivity contribution is -0.380. The molecule has 4 nitrogen and oxygen atoms in total. The highest BCUT2D eigenvalue weighted by molar-refractivity contribution is 7.13. The molecule has 0 atom stereocenters. The molecule has 0 saturated carbocycles. The van der Waals surface area contributed by atoms with Crippen molar-refractivity contribution < 1.29 is 9.72 Å². The Morgan fingerprint density at radius 3 is 2.36 bits per heavy atom. The van der Waals surface area contributed by atoms with Crippen LogP contribution in [-0.2, 0) is 5.41 Å². The summed E-state index contributed by atoms with van der Waals surface area (Å²) in [7, 11) is 0. The Kier molecular flexibility index (Phi) is 4.56. The fraction of sp³-hybridized carbons (Fsp3) is 0.235. The van der Waals surface area contributed by atoms with Crippen LogP contribution in [0.25, 0.3) is 6.08 Å². The van der Waals surface area contributed by atoms with Crippen LogP contribution in [0.1, 0.15) is 42.3 Å². The third-order valence-corrected chi connectivity index (χ3v) is 4.15. The topological polar surface area (TPSA) is 60.2 Å². The minimum Gasteiger partial charge on any atom is -0.289 e. The van der Waals surface area contributed by atoms with Crippen LogP contribution in [0.3, 0.4) is 0 Å². The molecule has 0 spiro atoms. The fourth-order valence-corrected chi connectivity index (χ4v) is 2.62. The van der Waals surface area contributed by atoms with E-state index in [1.165, 1.54) is 17.7 Å². The lowest BCUT2D eigenvalue weighted by Crippen LogP contribution is -2.11. The number of rotatable bonds is 4. The van der Waals surface area contributed by atoms with Gasteiger partial charge in [-0.05, 0) is 28.7 Å². The molecule has 0 fully saturated rings.